The van der Waals surface area contributed by atoms with Crippen molar-refractivity contribution in [3.63, 3.8) is 0 Å². The van der Waals surface area contributed by atoms with E-state index < -0.39 is 17.9 Å². The first-order valence-corrected chi connectivity index (χ1v) is 11.0. The summed E-state index contributed by atoms with van der Waals surface area (Å²) in [7, 11) is 0. The monoisotopic (exact) mass is 475 g/mol. The number of aliphatic hydroxyl groups excluding tert-OH is 2. The van der Waals surface area contributed by atoms with Gasteiger partial charge in [0.05, 0.1) is 19.3 Å². The lowest BCUT2D eigenvalue weighted by atomic mass is 9.97. The average molecular weight is 476 g/mol. The number of allylic oxidation sites excluding steroid dienone is 1. The molecule has 1 aliphatic rings. The zero-order chi connectivity index (χ0) is 24.0. The van der Waals surface area contributed by atoms with Crippen LogP contribution in [0.5, 0.6) is 0 Å². The Balaban J connectivity index is 1.83. The van der Waals surface area contributed by atoms with Crippen molar-refractivity contribution in [3.05, 3.63) is 76.2 Å². The summed E-state index contributed by atoms with van der Waals surface area (Å²) >= 11 is 6.41. The van der Waals surface area contributed by atoms with Gasteiger partial charge in [0.25, 0.3) is 0 Å². The largest absolute Gasteiger partial charge is 0.395 e. The van der Waals surface area contributed by atoms with Crippen LogP contribution in [0.3, 0.4) is 0 Å². The summed E-state index contributed by atoms with van der Waals surface area (Å²) in [6.07, 6.45) is 2.88. The summed E-state index contributed by atoms with van der Waals surface area (Å²) in [6.45, 7) is 2.84. The number of benzene rings is 2. The molecule has 3 N–H and O–H groups in total. The van der Waals surface area contributed by atoms with Crippen LogP contribution in [-0.4, -0.2) is 58.1 Å². The van der Waals surface area contributed by atoms with Gasteiger partial charge in [-0.05, 0) is 54.0 Å². The summed E-state index contributed by atoms with van der Waals surface area (Å²) in [5, 5.41) is 21.9. The van der Waals surface area contributed by atoms with E-state index in [1.54, 1.807) is 24.3 Å². The number of carbonyl (C=O) groups excluding carboxylic acids is 2. The highest BCUT2D eigenvalue weighted by Crippen LogP contribution is 2.31. The molecule has 0 unspecified atom stereocenters. The Morgan fingerprint density at radius 2 is 1.88 bits per heavy atom. The van der Waals surface area contributed by atoms with E-state index in [2.05, 4.69) is 5.32 Å². The van der Waals surface area contributed by atoms with Gasteiger partial charge in [-0.2, -0.15) is 0 Å². The van der Waals surface area contributed by atoms with Crippen molar-refractivity contribution in [2.24, 2.45) is 0 Å². The maximum atomic E-state index is 13.4. The SMILES string of the molecule is Cc1cc(Cl)c(CN(CCO)CCO)cc1NC(=O)N1C=CC(=O)C[C@H]1c1ccc(F)cc1. The fraction of sp³-hybridized carbons (Fsp3) is 0.333. The number of halogens is 2. The van der Waals surface area contributed by atoms with E-state index in [9.17, 15) is 24.2 Å². The normalized spacial score (nSPS) is 15.9. The molecule has 176 valence electrons. The van der Waals surface area contributed by atoms with Gasteiger partial charge < -0.3 is 15.5 Å². The molecule has 1 atom stereocenters. The molecule has 1 heterocycles. The molecule has 0 saturated carbocycles. The Hall–Kier alpha value is -2.78. The third-order valence-corrected chi connectivity index (χ3v) is 5.85. The van der Waals surface area contributed by atoms with Gasteiger partial charge in [0.1, 0.15) is 5.82 Å². The number of nitrogens with one attached hydrogen (secondary N) is 1. The molecule has 0 aromatic heterocycles. The number of carbonyl (C=O) groups is 2. The average Bonchev–Trinajstić information content (AvgIpc) is 2.77. The first-order valence-electron chi connectivity index (χ1n) is 10.6. The maximum Gasteiger partial charge on any atom is 0.326 e. The van der Waals surface area contributed by atoms with Gasteiger partial charge in [0.2, 0.25) is 0 Å². The van der Waals surface area contributed by atoms with E-state index in [0.29, 0.717) is 35.9 Å². The van der Waals surface area contributed by atoms with Crippen molar-refractivity contribution >= 4 is 29.1 Å². The summed E-state index contributed by atoms with van der Waals surface area (Å²) in [4.78, 5) is 28.5. The third-order valence-electron chi connectivity index (χ3n) is 5.50. The minimum absolute atomic E-state index is 0.0577. The van der Waals surface area contributed by atoms with Gasteiger partial charge in [-0.25, -0.2) is 9.18 Å². The number of hydrogen-bond donors (Lipinski definition) is 3. The Bertz CT molecular complexity index is 1020. The number of aliphatic hydroxyl groups is 2. The van der Waals surface area contributed by atoms with Crippen LogP contribution < -0.4 is 5.32 Å². The summed E-state index contributed by atoms with van der Waals surface area (Å²) < 4.78 is 13.4. The van der Waals surface area contributed by atoms with Crippen LogP contribution in [0.2, 0.25) is 5.02 Å². The second-order valence-corrected chi connectivity index (χ2v) is 8.28. The first-order chi connectivity index (χ1) is 15.8. The van der Waals surface area contributed by atoms with E-state index in [-0.39, 0.29) is 25.4 Å². The molecule has 33 heavy (non-hydrogen) atoms. The van der Waals surface area contributed by atoms with Gasteiger partial charge >= 0.3 is 6.03 Å². The quantitative estimate of drug-likeness (QED) is 0.542. The van der Waals surface area contributed by atoms with Crippen molar-refractivity contribution < 1.29 is 24.2 Å². The minimum atomic E-state index is -0.556. The molecule has 2 aromatic rings. The maximum absolute atomic E-state index is 13.4. The van der Waals surface area contributed by atoms with Crippen LogP contribution in [0.15, 0.2) is 48.7 Å². The van der Waals surface area contributed by atoms with Gasteiger partial charge in [0, 0.05) is 43.0 Å². The van der Waals surface area contributed by atoms with E-state index in [0.717, 1.165) is 11.1 Å². The van der Waals surface area contributed by atoms with Gasteiger partial charge in [-0.3, -0.25) is 14.6 Å². The molecule has 0 fully saturated rings. The zero-order valence-corrected chi connectivity index (χ0v) is 19.1. The van der Waals surface area contributed by atoms with Crippen molar-refractivity contribution in [2.75, 3.05) is 31.6 Å². The van der Waals surface area contributed by atoms with Crippen LogP contribution >= 0.6 is 11.6 Å². The number of rotatable bonds is 8. The lowest BCUT2D eigenvalue weighted by Gasteiger charge is -2.31. The highest BCUT2D eigenvalue weighted by Gasteiger charge is 2.29. The second-order valence-electron chi connectivity index (χ2n) is 7.87. The van der Waals surface area contributed by atoms with Crippen LogP contribution in [0.4, 0.5) is 14.9 Å². The third kappa shape index (κ3) is 6.39. The van der Waals surface area contributed by atoms with E-state index in [1.165, 1.54) is 29.3 Å². The minimum Gasteiger partial charge on any atom is -0.395 e. The van der Waals surface area contributed by atoms with Crippen molar-refractivity contribution in [1.29, 1.82) is 0 Å². The lowest BCUT2D eigenvalue weighted by molar-refractivity contribution is -0.116. The van der Waals surface area contributed by atoms with Crippen molar-refractivity contribution in [3.8, 4) is 0 Å². The molecule has 0 spiro atoms. The fourth-order valence-electron chi connectivity index (χ4n) is 3.74. The number of amides is 2. The fourth-order valence-corrected chi connectivity index (χ4v) is 4.02. The Morgan fingerprint density at radius 1 is 1.21 bits per heavy atom. The molecule has 0 saturated heterocycles. The first kappa shape index (κ1) is 24.9. The topological polar surface area (TPSA) is 93.1 Å². The number of urea groups is 1. The Labute approximate surface area is 197 Å². The van der Waals surface area contributed by atoms with Crippen molar-refractivity contribution in [2.45, 2.75) is 25.9 Å². The molecular weight excluding hydrogens is 449 g/mol. The number of anilines is 1. The Morgan fingerprint density at radius 3 is 2.52 bits per heavy atom. The van der Waals surface area contributed by atoms with E-state index in [4.69, 9.17) is 11.6 Å². The molecule has 2 amide bonds. The van der Waals surface area contributed by atoms with Gasteiger partial charge in [-0.1, -0.05) is 23.7 Å². The van der Waals surface area contributed by atoms with Crippen LogP contribution in [0.1, 0.15) is 29.2 Å². The van der Waals surface area contributed by atoms with Crippen LogP contribution in [0.25, 0.3) is 0 Å². The van der Waals surface area contributed by atoms with Gasteiger partial charge in [0.15, 0.2) is 5.78 Å². The van der Waals surface area contributed by atoms with Gasteiger partial charge in [-0.15, -0.1) is 0 Å². The lowest BCUT2D eigenvalue weighted by Crippen LogP contribution is -2.37. The highest BCUT2D eigenvalue weighted by atomic mass is 35.5. The molecule has 0 bridgehead atoms. The molecule has 2 aromatic carbocycles. The van der Waals surface area contributed by atoms with E-state index in [1.807, 2.05) is 11.8 Å². The second kappa shape index (κ2) is 11.4. The predicted octanol–water partition coefficient (Wildman–Crippen LogP) is 3.64. The van der Waals surface area contributed by atoms with E-state index >= 15 is 0 Å². The molecule has 7 nitrogen and oxygen atoms in total. The van der Waals surface area contributed by atoms with Crippen LogP contribution in [0, 0.1) is 12.7 Å². The molecule has 3 rings (SSSR count). The summed E-state index contributed by atoms with van der Waals surface area (Å²) in [5.41, 5.74) is 2.69. The number of hydrogen-bond acceptors (Lipinski definition) is 5. The highest BCUT2D eigenvalue weighted by molar-refractivity contribution is 6.31. The summed E-state index contributed by atoms with van der Waals surface area (Å²) in [6, 6.07) is 8.25. The molecular formula is C24H27ClFN3O4. The molecule has 1 aliphatic heterocycles. The summed E-state index contributed by atoms with van der Waals surface area (Å²) in [5.74, 6) is -0.514. The number of ketones is 1. The number of aryl methyl sites for hydroxylation is 1. The van der Waals surface area contributed by atoms with Crippen molar-refractivity contribution in [1.82, 2.24) is 9.80 Å². The molecule has 9 heteroatoms. The smallest absolute Gasteiger partial charge is 0.326 e. The van der Waals surface area contributed by atoms with Crippen LogP contribution in [-0.2, 0) is 11.3 Å². The number of nitrogens with zero attached hydrogens (tertiary/aromatic N) is 2. The predicted molar refractivity (Wildman–Crippen MR) is 124 cm³/mol. The Kier molecular flexibility index (Phi) is 8.57. The standard InChI is InChI=1S/C24H27ClFN3O4/c1-16-12-21(25)18(15-28(8-10-30)9-11-31)13-22(16)27-24(33)29-7-6-20(32)14-23(29)17-2-4-19(26)5-3-17/h2-7,12-13,23,30-31H,8-11,14-15H2,1H3,(H,27,33)/t23-/m0/s1. The zero-order valence-electron chi connectivity index (χ0n) is 18.3. The molecule has 0 radical (unpaired) electrons. The molecule has 0 aliphatic carbocycles.